The molecule has 1 N–H and O–H groups in total. The summed E-state index contributed by atoms with van der Waals surface area (Å²) in [5.41, 5.74) is 5.01. The van der Waals surface area contributed by atoms with Crippen molar-refractivity contribution in [3.8, 4) is 22.5 Å². The highest BCUT2D eigenvalue weighted by molar-refractivity contribution is 6.30. The Balaban J connectivity index is 1.86. The summed E-state index contributed by atoms with van der Waals surface area (Å²) >= 11 is 6.00. The van der Waals surface area contributed by atoms with Crippen molar-refractivity contribution in [3.63, 3.8) is 0 Å². The van der Waals surface area contributed by atoms with Crippen LogP contribution in [0.5, 0.6) is 0 Å². The molecule has 0 fully saturated rings. The SMILES string of the molecule is O=C(c1ccccc1)c1cc(-c2ccc(Cl)cc2)[nH]c1-c1ccccc1. The molecule has 0 amide bonds. The van der Waals surface area contributed by atoms with Crippen molar-refractivity contribution in [2.45, 2.75) is 0 Å². The Labute approximate surface area is 157 Å². The molecule has 0 aliphatic heterocycles. The van der Waals surface area contributed by atoms with Gasteiger partial charge in [0.05, 0.1) is 5.69 Å². The van der Waals surface area contributed by atoms with Gasteiger partial charge in [0.2, 0.25) is 0 Å². The van der Waals surface area contributed by atoms with Crippen LogP contribution >= 0.6 is 11.6 Å². The Bertz CT molecular complexity index is 1030. The first-order chi connectivity index (χ1) is 12.7. The van der Waals surface area contributed by atoms with Crippen LogP contribution in [0.1, 0.15) is 15.9 Å². The van der Waals surface area contributed by atoms with Crippen molar-refractivity contribution in [2.24, 2.45) is 0 Å². The number of aromatic nitrogens is 1. The van der Waals surface area contributed by atoms with Gasteiger partial charge in [-0.25, -0.2) is 0 Å². The van der Waals surface area contributed by atoms with Gasteiger partial charge in [-0.15, -0.1) is 0 Å². The molecular weight excluding hydrogens is 342 g/mol. The number of hydrogen-bond donors (Lipinski definition) is 1. The molecule has 1 heterocycles. The second kappa shape index (κ2) is 7.03. The third kappa shape index (κ3) is 3.19. The smallest absolute Gasteiger partial charge is 0.195 e. The Morgan fingerprint density at radius 2 is 1.35 bits per heavy atom. The average Bonchev–Trinajstić information content (AvgIpc) is 3.15. The summed E-state index contributed by atoms with van der Waals surface area (Å²) in [5, 5.41) is 0.684. The van der Waals surface area contributed by atoms with E-state index in [0.717, 1.165) is 22.5 Å². The van der Waals surface area contributed by atoms with Gasteiger partial charge in [-0.3, -0.25) is 4.79 Å². The molecule has 0 aliphatic rings. The summed E-state index contributed by atoms with van der Waals surface area (Å²) in [6, 6.07) is 28.7. The van der Waals surface area contributed by atoms with Gasteiger partial charge in [-0.2, -0.15) is 0 Å². The van der Waals surface area contributed by atoms with E-state index >= 15 is 0 Å². The van der Waals surface area contributed by atoms with Crippen LogP contribution in [0.25, 0.3) is 22.5 Å². The molecule has 0 aliphatic carbocycles. The molecule has 0 radical (unpaired) electrons. The summed E-state index contributed by atoms with van der Waals surface area (Å²) in [4.78, 5) is 16.5. The van der Waals surface area contributed by atoms with E-state index in [2.05, 4.69) is 4.98 Å². The predicted molar refractivity (Wildman–Crippen MR) is 107 cm³/mol. The van der Waals surface area contributed by atoms with Gasteiger partial charge in [0, 0.05) is 21.8 Å². The fourth-order valence-corrected chi connectivity index (χ4v) is 3.12. The van der Waals surface area contributed by atoms with Gasteiger partial charge in [0.15, 0.2) is 5.78 Å². The van der Waals surface area contributed by atoms with Gasteiger partial charge >= 0.3 is 0 Å². The van der Waals surface area contributed by atoms with Crippen LogP contribution in [0.3, 0.4) is 0 Å². The van der Waals surface area contributed by atoms with Crippen molar-refractivity contribution in [3.05, 3.63) is 107 Å². The van der Waals surface area contributed by atoms with Crippen molar-refractivity contribution < 1.29 is 4.79 Å². The first-order valence-corrected chi connectivity index (χ1v) is 8.74. The van der Waals surface area contributed by atoms with Gasteiger partial charge in [-0.1, -0.05) is 84.4 Å². The number of ketones is 1. The number of benzene rings is 3. The summed E-state index contributed by atoms with van der Waals surface area (Å²) in [5.74, 6) is 0.000849. The monoisotopic (exact) mass is 357 g/mol. The lowest BCUT2D eigenvalue weighted by Gasteiger charge is -2.04. The maximum atomic E-state index is 13.1. The molecule has 3 heteroatoms. The van der Waals surface area contributed by atoms with E-state index in [9.17, 15) is 4.79 Å². The van der Waals surface area contributed by atoms with Crippen LogP contribution in [0.4, 0.5) is 0 Å². The fraction of sp³-hybridized carbons (Fsp3) is 0. The number of aromatic amines is 1. The first-order valence-electron chi connectivity index (χ1n) is 8.36. The minimum absolute atomic E-state index is 0.000849. The van der Waals surface area contributed by atoms with E-state index in [1.165, 1.54) is 0 Å². The lowest BCUT2D eigenvalue weighted by molar-refractivity contribution is 0.103. The van der Waals surface area contributed by atoms with Crippen molar-refractivity contribution >= 4 is 17.4 Å². The van der Waals surface area contributed by atoms with E-state index in [4.69, 9.17) is 11.6 Å². The molecule has 0 spiro atoms. The lowest BCUT2D eigenvalue weighted by atomic mass is 10.00. The number of halogens is 1. The van der Waals surface area contributed by atoms with Crippen molar-refractivity contribution in [1.82, 2.24) is 4.98 Å². The largest absolute Gasteiger partial charge is 0.354 e. The van der Waals surface area contributed by atoms with Crippen LogP contribution < -0.4 is 0 Å². The molecule has 4 rings (SSSR count). The van der Waals surface area contributed by atoms with Gasteiger partial charge in [-0.05, 0) is 29.3 Å². The maximum Gasteiger partial charge on any atom is 0.195 e. The van der Waals surface area contributed by atoms with Crippen LogP contribution in [0.15, 0.2) is 91.0 Å². The maximum absolute atomic E-state index is 13.1. The molecule has 0 atom stereocenters. The highest BCUT2D eigenvalue weighted by atomic mass is 35.5. The normalized spacial score (nSPS) is 10.7. The van der Waals surface area contributed by atoms with E-state index in [1.807, 2.05) is 91.0 Å². The minimum Gasteiger partial charge on any atom is -0.354 e. The van der Waals surface area contributed by atoms with E-state index < -0.39 is 0 Å². The second-order valence-electron chi connectivity index (χ2n) is 6.04. The molecule has 3 aromatic carbocycles. The van der Waals surface area contributed by atoms with Crippen LogP contribution in [-0.4, -0.2) is 10.8 Å². The molecule has 0 unspecified atom stereocenters. The van der Waals surface area contributed by atoms with Crippen LogP contribution in [-0.2, 0) is 0 Å². The fourth-order valence-electron chi connectivity index (χ4n) is 3.00. The Kier molecular flexibility index (Phi) is 4.42. The molecule has 0 saturated heterocycles. The molecule has 26 heavy (non-hydrogen) atoms. The van der Waals surface area contributed by atoms with E-state index in [1.54, 1.807) is 0 Å². The summed E-state index contributed by atoms with van der Waals surface area (Å²) in [6.07, 6.45) is 0. The Morgan fingerprint density at radius 1 is 0.731 bits per heavy atom. The number of carbonyl (C=O) groups is 1. The molecule has 126 valence electrons. The summed E-state index contributed by atoms with van der Waals surface area (Å²) < 4.78 is 0. The topological polar surface area (TPSA) is 32.9 Å². The van der Waals surface area contributed by atoms with E-state index in [0.29, 0.717) is 16.1 Å². The third-order valence-electron chi connectivity index (χ3n) is 4.32. The highest BCUT2D eigenvalue weighted by Gasteiger charge is 2.18. The second-order valence-corrected chi connectivity index (χ2v) is 6.48. The van der Waals surface area contributed by atoms with Crippen molar-refractivity contribution in [1.29, 1.82) is 0 Å². The standard InChI is InChI=1S/C23H16ClNO/c24-19-13-11-16(12-14-19)21-15-20(23(26)18-9-5-2-6-10-18)22(25-21)17-7-3-1-4-8-17/h1-15,25H. The predicted octanol–water partition coefficient (Wildman–Crippen LogP) is 6.23. The molecule has 1 aromatic heterocycles. The van der Waals surface area contributed by atoms with Gasteiger partial charge in [0.25, 0.3) is 0 Å². The Hall–Kier alpha value is -3.10. The number of hydrogen-bond acceptors (Lipinski definition) is 1. The average molecular weight is 358 g/mol. The van der Waals surface area contributed by atoms with Crippen LogP contribution in [0.2, 0.25) is 5.02 Å². The summed E-state index contributed by atoms with van der Waals surface area (Å²) in [6.45, 7) is 0. The first kappa shape index (κ1) is 16.4. The zero-order chi connectivity index (χ0) is 17.9. The summed E-state index contributed by atoms with van der Waals surface area (Å²) in [7, 11) is 0. The molecule has 0 saturated carbocycles. The minimum atomic E-state index is 0.000849. The van der Waals surface area contributed by atoms with Gasteiger partial charge in [0.1, 0.15) is 0 Å². The molecule has 4 aromatic rings. The number of rotatable bonds is 4. The molecule has 0 bridgehead atoms. The Morgan fingerprint density at radius 3 is 2.00 bits per heavy atom. The lowest BCUT2D eigenvalue weighted by Crippen LogP contribution is -2.01. The number of carbonyl (C=O) groups excluding carboxylic acids is 1. The number of nitrogens with one attached hydrogen (secondary N) is 1. The number of H-pyrrole nitrogens is 1. The van der Waals surface area contributed by atoms with E-state index in [-0.39, 0.29) is 5.78 Å². The third-order valence-corrected chi connectivity index (χ3v) is 4.57. The van der Waals surface area contributed by atoms with Crippen LogP contribution in [0, 0.1) is 0 Å². The van der Waals surface area contributed by atoms with Gasteiger partial charge < -0.3 is 4.98 Å². The van der Waals surface area contributed by atoms with Crippen molar-refractivity contribution in [2.75, 3.05) is 0 Å². The zero-order valence-corrected chi connectivity index (χ0v) is 14.7. The quantitative estimate of drug-likeness (QED) is 0.431. The molecule has 2 nitrogen and oxygen atoms in total. The molecular formula is C23H16ClNO. The highest BCUT2D eigenvalue weighted by Crippen LogP contribution is 2.31. The zero-order valence-electron chi connectivity index (χ0n) is 13.9.